The minimum Gasteiger partial charge on any atom is -0.512 e. The van der Waals surface area contributed by atoms with Gasteiger partial charge in [0.25, 0.3) is 0 Å². The molecule has 13 heavy (non-hydrogen) atoms. The second-order valence-electron chi connectivity index (χ2n) is 2.81. The zero-order valence-electron chi connectivity index (χ0n) is 7.41. The summed E-state index contributed by atoms with van der Waals surface area (Å²) in [5.74, 6) is -0.0637. The van der Waals surface area contributed by atoms with Gasteiger partial charge < -0.3 is 14.7 Å². The molecule has 0 spiro atoms. The second-order valence-corrected chi connectivity index (χ2v) is 2.81. The number of halogens is 1. The average Bonchev–Trinajstić information content (AvgIpc) is 1.96. The monoisotopic (exact) mass is 184 g/mol. The van der Waals surface area contributed by atoms with Crippen LogP contribution in [0.1, 0.15) is 11.1 Å². The summed E-state index contributed by atoms with van der Waals surface area (Å²) in [5.41, 5.74) is 1.07. The standard InChI is InChI=1S/C8H10BFO3/c1-5-3-7(10)4-6(2)8(5)13-9(11)12/h3-4,11-12H,1-2H3. The smallest absolute Gasteiger partial charge is 0.512 e. The van der Waals surface area contributed by atoms with E-state index in [1.54, 1.807) is 13.8 Å². The van der Waals surface area contributed by atoms with Gasteiger partial charge in [-0.05, 0) is 37.1 Å². The number of aryl methyl sites for hydroxylation is 2. The number of benzene rings is 1. The Labute approximate surface area is 76.0 Å². The Morgan fingerprint density at radius 1 is 1.23 bits per heavy atom. The van der Waals surface area contributed by atoms with Crippen molar-refractivity contribution in [3.63, 3.8) is 0 Å². The van der Waals surface area contributed by atoms with E-state index in [1.807, 2.05) is 0 Å². The lowest BCUT2D eigenvalue weighted by molar-refractivity contribution is 0.286. The van der Waals surface area contributed by atoms with Crippen LogP contribution in [0.4, 0.5) is 4.39 Å². The van der Waals surface area contributed by atoms with Crippen molar-refractivity contribution in [2.24, 2.45) is 0 Å². The highest BCUT2D eigenvalue weighted by atomic mass is 19.1. The van der Waals surface area contributed by atoms with Crippen LogP contribution in [0.15, 0.2) is 12.1 Å². The molecule has 0 aromatic heterocycles. The van der Waals surface area contributed by atoms with Crippen molar-refractivity contribution < 1.29 is 19.1 Å². The van der Waals surface area contributed by atoms with E-state index in [0.29, 0.717) is 16.9 Å². The molecule has 0 amide bonds. The van der Waals surface area contributed by atoms with Gasteiger partial charge in [0.05, 0.1) is 0 Å². The molecule has 0 fully saturated rings. The third-order valence-corrected chi connectivity index (χ3v) is 1.65. The summed E-state index contributed by atoms with van der Waals surface area (Å²) in [6.07, 6.45) is 0. The van der Waals surface area contributed by atoms with Crippen LogP contribution in [-0.4, -0.2) is 17.4 Å². The first-order valence-electron chi connectivity index (χ1n) is 3.80. The van der Waals surface area contributed by atoms with Crippen molar-refractivity contribution in [1.82, 2.24) is 0 Å². The Balaban J connectivity index is 3.06. The zero-order chi connectivity index (χ0) is 10.0. The third kappa shape index (κ3) is 2.43. The molecule has 2 N–H and O–H groups in total. The van der Waals surface area contributed by atoms with E-state index < -0.39 is 7.32 Å². The fraction of sp³-hybridized carbons (Fsp3) is 0.250. The van der Waals surface area contributed by atoms with Crippen LogP contribution in [0.25, 0.3) is 0 Å². The highest BCUT2D eigenvalue weighted by Gasteiger charge is 2.15. The molecule has 0 bridgehead atoms. The van der Waals surface area contributed by atoms with E-state index in [2.05, 4.69) is 4.65 Å². The quantitative estimate of drug-likeness (QED) is 0.668. The first kappa shape index (κ1) is 10.0. The highest BCUT2D eigenvalue weighted by Crippen LogP contribution is 2.24. The number of hydrogen-bond acceptors (Lipinski definition) is 3. The summed E-state index contributed by atoms with van der Waals surface area (Å²) < 4.78 is 17.4. The van der Waals surface area contributed by atoms with Gasteiger partial charge in [-0.15, -0.1) is 0 Å². The Morgan fingerprint density at radius 3 is 2.08 bits per heavy atom. The van der Waals surface area contributed by atoms with Gasteiger partial charge in [0.2, 0.25) is 0 Å². The maximum atomic E-state index is 12.8. The van der Waals surface area contributed by atoms with Crippen LogP contribution < -0.4 is 4.65 Å². The van der Waals surface area contributed by atoms with Gasteiger partial charge in [0.1, 0.15) is 11.6 Å². The van der Waals surface area contributed by atoms with Crippen LogP contribution in [0.3, 0.4) is 0 Å². The van der Waals surface area contributed by atoms with Crippen molar-refractivity contribution in [2.75, 3.05) is 0 Å². The molecule has 0 aliphatic carbocycles. The molecule has 1 rings (SSSR count). The summed E-state index contributed by atoms with van der Waals surface area (Å²) >= 11 is 0. The van der Waals surface area contributed by atoms with Gasteiger partial charge in [-0.2, -0.15) is 0 Å². The fourth-order valence-corrected chi connectivity index (χ4v) is 1.19. The predicted octanol–water partition coefficient (Wildman–Crippen LogP) is 0.791. The molecule has 1 aromatic carbocycles. The van der Waals surface area contributed by atoms with Crippen molar-refractivity contribution in [3.8, 4) is 5.75 Å². The summed E-state index contributed by atoms with van der Waals surface area (Å²) in [5, 5.41) is 17.1. The molecule has 0 radical (unpaired) electrons. The topological polar surface area (TPSA) is 49.7 Å². The number of rotatable bonds is 2. The van der Waals surface area contributed by atoms with E-state index in [1.165, 1.54) is 12.1 Å². The first-order valence-corrected chi connectivity index (χ1v) is 3.80. The molecular weight excluding hydrogens is 174 g/mol. The van der Waals surface area contributed by atoms with Gasteiger partial charge in [-0.1, -0.05) is 0 Å². The van der Waals surface area contributed by atoms with Gasteiger partial charge in [-0.3, -0.25) is 0 Å². The second kappa shape index (κ2) is 3.76. The van der Waals surface area contributed by atoms with Crippen LogP contribution in [0.2, 0.25) is 0 Å². The van der Waals surface area contributed by atoms with Crippen molar-refractivity contribution in [2.45, 2.75) is 13.8 Å². The Hall–Kier alpha value is -1.07. The molecule has 0 atom stereocenters. The molecule has 0 saturated carbocycles. The van der Waals surface area contributed by atoms with Crippen molar-refractivity contribution in [3.05, 3.63) is 29.1 Å². The minimum absolute atomic E-state index is 0.302. The third-order valence-electron chi connectivity index (χ3n) is 1.65. The lowest BCUT2D eigenvalue weighted by Gasteiger charge is -2.11. The van der Waals surface area contributed by atoms with E-state index >= 15 is 0 Å². The predicted molar refractivity (Wildman–Crippen MR) is 46.7 cm³/mol. The van der Waals surface area contributed by atoms with Crippen molar-refractivity contribution >= 4 is 7.32 Å². The normalized spacial score (nSPS) is 9.92. The van der Waals surface area contributed by atoms with E-state index in [0.717, 1.165) is 0 Å². The maximum Gasteiger partial charge on any atom is 0.707 e. The molecule has 5 heteroatoms. The zero-order valence-corrected chi connectivity index (χ0v) is 7.41. The summed E-state index contributed by atoms with van der Waals surface area (Å²) in [6.45, 7) is 3.27. The van der Waals surface area contributed by atoms with E-state index in [4.69, 9.17) is 10.0 Å². The Kier molecular flexibility index (Phi) is 2.90. The summed E-state index contributed by atoms with van der Waals surface area (Å²) in [7, 11) is -1.87. The highest BCUT2D eigenvalue weighted by molar-refractivity contribution is 6.33. The van der Waals surface area contributed by atoms with E-state index in [-0.39, 0.29) is 5.82 Å². The van der Waals surface area contributed by atoms with Gasteiger partial charge in [-0.25, -0.2) is 4.39 Å². The minimum atomic E-state index is -1.87. The fourth-order valence-electron chi connectivity index (χ4n) is 1.19. The van der Waals surface area contributed by atoms with Crippen LogP contribution in [-0.2, 0) is 0 Å². The van der Waals surface area contributed by atoms with Gasteiger partial charge in [0.15, 0.2) is 0 Å². The van der Waals surface area contributed by atoms with Crippen LogP contribution >= 0.6 is 0 Å². The number of hydrogen-bond donors (Lipinski definition) is 2. The van der Waals surface area contributed by atoms with Gasteiger partial charge in [0, 0.05) is 0 Å². The lowest BCUT2D eigenvalue weighted by Crippen LogP contribution is -2.21. The van der Waals surface area contributed by atoms with Crippen LogP contribution in [0, 0.1) is 19.7 Å². The molecule has 0 aliphatic rings. The molecule has 0 unspecified atom stereocenters. The molecule has 0 aliphatic heterocycles. The van der Waals surface area contributed by atoms with Crippen molar-refractivity contribution in [1.29, 1.82) is 0 Å². The average molecular weight is 184 g/mol. The molecule has 70 valence electrons. The van der Waals surface area contributed by atoms with E-state index in [9.17, 15) is 4.39 Å². The Morgan fingerprint density at radius 2 is 1.69 bits per heavy atom. The SMILES string of the molecule is Cc1cc(F)cc(C)c1OB(O)O. The molecule has 3 nitrogen and oxygen atoms in total. The summed E-state index contributed by atoms with van der Waals surface area (Å²) in [4.78, 5) is 0. The molecule has 1 aromatic rings. The first-order chi connectivity index (χ1) is 6.00. The Bertz CT molecular complexity index is 291. The molecule has 0 heterocycles. The summed E-state index contributed by atoms with van der Waals surface area (Å²) in [6, 6.07) is 2.54. The molecule has 0 saturated heterocycles. The largest absolute Gasteiger partial charge is 0.707 e. The molecular formula is C8H10BFO3. The lowest BCUT2D eigenvalue weighted by atomic mass is 10.1. The van der Waals surface area contributed by atoms with Gasteiger partial charge >= 0.3 is 7.32 Å². The van der Waals surface area contributed by atoms with Crippen LogP contribution in [0.5, 0.6) is 5.75 Å². The maximum absolute atomic E-state index is 12.8.